The van der Waals surface area contributed by atoms with Crippen LogP contribution in [0.15, 0.2) is 12.2 Å². The van der Waals surface area contributed by atoms with E-state index in [-0.39, 0.29) is 0 Å². The molecule has 0 aromatic heterocycles. The fourth-order valence-corrected chi connectivity index (χ4v) is 5.86. The van der Waals surface area contributed by atoms with Gasteiger partial charge in [-0.1, -0.05) is 19.1 Å². The van der Waals surface area contributed by atoms with Crippen molar-refractivity contribution in [3.05, 3.63) is 12.2 Å². The molecule has 0 heterocycles. The highest BCUT2D eigenvalue weighted by Crippen LogP contribution is 2.60. The van der Waals surface area contributed by atoms with Crippen molar-refractivity contribution in [2.75, 3.05) is 13.2 Å². The lowest BCUT2D eigenvalue weighted by Crippen LogP contribution is -2.38. The van der Waals surface area contributed by atoms with Crippen LogP contribution in [-0.4, -0.2) is 22.5 Å². The highest BCUT2D eigenvalue weighted by atomic mass is 28.3. The van der Waals surface area contributed by atoms with E-state index in [0.717, 1.165) is 25.0 Å². The summed E-state index contributed by atoms with van der Waals surface area (Å²) in [5.74, 6) is 1.55. The quantitative estimate of drug-likeness (QED) is 0.530. The van der Waals surface area contributed by atoms with Gasteiger partial charge in [-0.2, -0.15) is 0 Å². The van der Waals surface area contributed by atoms with E-state index in [1.54, 1.807) is 0 Å². The summed E-state index contributed by atoms with van der Waals surface area (Å²) in [5, 5.41) is 0.302. The molecule has 2 rings (SSSR count). The maximum Gasteiger partial charge on any atom is 0.332 e. The Kier molecular flexibility index (Phi) is 3.33. The summed E-state index contributed by atoms with van der Waals surface area (Å²) in [7, 11) is -1.53. The molecule has 0 spiro atoms. The first-order valence-electron chi connectivity index (χ1n) is 6.15. The van der Waals surface area contributed by atoms with E-state index in [1.807, 2.05) is 0 Å². The Balaban J connectivity index is 2.14. The monoisotopic (exact) mass is 226 g/mol. The second-order valence-electron chi connectivity index (χ2n) is 4.82. The van der Waals surface area contributed by atoms with Crippen LogP contribution < -0.4 is 0 Å². The van der Waals surface area contributed by atoms with Gasteiger partial charge in [0.1, 0.15) is 0 Å². The van der Waals surface area contributed by atoms with Crippen LogP contribution in [0.5, 0.6) is 0 Å². The minimum absolute atomic E-state index is 0.302. The van der Waals surface area contributed by atoms with Crippen molar-refractivity contribution in [3.63, 3.8) is 0 Å². The third kappa shape index (κ3) is 1.81. The minimum atomic E-state index is -1.53. The number of allylic oxidation sites excluding steroid dienone is 2. The van der Waals surface area contributed by atoms with Gasteiger partial charge in [0, 0.05) is 18.3 Å². The maximum atomic E-state index is 5.92. The van der Waals surface area contributed by atoms with E-state index < -0.39 is 9.28 Å². The summed E-state index contributed by atoms with van der Waals surface area (Å²) in [6.45, 7) is 8.10. The van der Waals surface area contributed by atoms with Crippen molar-refractivity contribution < 1.29 is 8.85 Å². The number of hydrogen-bond donors (Lipinski definition) is 0. The molecule has 3 atom stereocenters. The Morgan fingerprint density at radius 2 is 2.00 bits per heavy atom. The Morgan fingerprint density at radius 1 is 1.33 bits per heavy atom. The summed E-state index contributed by atoms with van der Waals surface area (Å²) in [4.78, 5) is 0. The molecule has 86 valence electrons. The van der Waals surface area contributed by atoms with Crippen LogP contribution in [0.2, 0.25) is 5.04 Å². The van der Waals surface area contributed by atoms with E-state index in [4.69, 9.17) is 8.85 Å². The van der Waals surface area contributed by atoms with E-state index >= 15 is 0 Å². The van der Waals surface area contributed by atoms with Gasteiger partial charge in [0.05, 0.1) is 0 Å². The van der Waals surface area contributed by atoms with Gasteiger partial charge in [-0.05, 0) is 38.5 Å². The predicted molar refractivity (Wildman–Crippen MR) is 64.1 cm³/mol. The van der Waals surface area contributed by atoms with Gasteiger partial charge in [-0.15, -0.1) is 0 Å². The molecule has 0 amide bonds. The molecule has 0 aromatic rings. The topological polar surface area (TPSA) is 18.5 Å². The molecule has 1 fully saturated rings. The van der Waals surface area contributed by atoms with Gasteiger partial charge in [-0.3, -0.25) is 0 Å². The largest absolute Gasteiger partial charge is 0.396 e. The molecule has 0 radical (unpaired) electrons. The Hall–Kier alpha value is -0.123. The fraction of sp³-hybridized carbons (Fsp3) is 0.833. The van der Waals surface area contributed by atoms with Crippen molar-refractivity contribution in [1.82, 2.24) is 0 Å². The first kappa shape index (κ1) is 11.4. The normalized spacial score (nSPS) is 38.1. The second-order valence-corrected chi connectivity index (χ2v) is 7.22. The summed E-state index contributed by atoms with van der Waals surface area (Å²) in [6, 6.07) is 0. The third-order valence-electron chi connectivity index (χ3n) is 3.94. The van der Waals surface area contributed by atoms with Gasteiger partial charge in [0.15, 0.2) is 0 Å². The molecule has 15 heavy (non-hydrogen) atoms. The van der Waals surface area contributed by atoms with E-state index in [9.17, 15) is 0 Å². The van der Waals surface area contributed by atoms with Crippen molar-refractivity contribution in [3.8, 4) is 0 Å². The molecule has 0 aromatic carbocycles. The van der Waals surface area contributed by atoms with Crippen LogP contribution in [0.3, 0.4) is 0 Å². The van der Waals surface area contributed by atoms with E-state index in [1.165, 1.54) is 12.8 Å². The average Bonchev–Trinajstić information content (AvgIpc) is 2.75. The lowest BCUT2D eigenvalue weighted by Gasteiger charge is -2.35. The molecule has 0 aliphatic heterocycles. The maximum absolute atomic E-state index is 5.92. The first-order chi connectivity index (χ1) is 7.23. The first-order valence-corrected chi connectivity index (χ1v) is 7.67. The lowest BCUT2D eigenvalue weighted by atomic mass is 9.95. The zero-order valence-electron chi connectivity index (χ0n) is 10.0. The molecule has 2 aliphatic rings. The average molecular weight is 226 g/mol. The van der Waals surface area contributed by atoms with Crippen LogP contribution >= 0.6 is 0 Å². The predicted octanol–water partition coefficient (Wildman–Crippen LogP) is 2.64. The second kappa shape index (κ2) is 4.40. The molecule has 0 N–H and O–H groups in total. The molecular formula is C12H22O2Si. The zero-order chi connectivity index (χ0) is 10.9. The van der Waals surface area contributed by atoms with Gasteiger partial charge >= 0.3 is 9.28 Å². The van der Waals surface area contributed by atoms with Gasteiger partial charge in [0.25, 0.3) is 0 Å². The summed E-state index contributed by atoms with van der Waals surface area (Å²) in [6.07, 6.45) is 7.41. The van der Waals surface area contributed by atoms with Crippen LogP contribution in [0.4, 0.5) is 0 Å². The van der Waals surface area contributed by atoms with Gasteiger partial charge in [0.2, 0.25) is 0 Å². The molecular weight excluding hydrogens is 204 g/mol. The Morgan fingerprint density at radius 3 is 2.40 bits per heavy atom. The highest BCUT2D eigenvalue weighted by Gasteiger charge is 2.53. The molecule has 3 unspecified atom stereocenters. The summed E-state index contributed by atoms with van der Waals surface area (Å²) >= 11 is 0. The molecule has 2 bridgehead atoms. The number of fused-ring (bicyclic) bond motifs is 2. The molecule has 2 nitrogen and oxygen atoms in total. The van der Waals surface area contributed by atoms with Crippen LogP contribution in [0.1, 0.15) is 33.6 Å². The number of hydrogen-bond acceptors (Lipinski definition) is 2. The van der Waals surface area contributed by atoms with Crippen molar-refractivity contribution in [2.45, 2.75) is 38.7 Å². The fourth-order valence-electron chi connectivity index (χ4n) is 3.17. The molecule has 2 aliphatic carbocycles. The van der Waals surface area contributed by atoms with Crippen molar-refractivity contribution >= 4 is 9.28 Å². The third-order valence-corrected chi connectivity index (χ3v) is 7.09. The van der Waals surface area contributed by atoms with Gasteiger partial charge in [-0.25, -0.2) is 0 Å². The summed E-state index contributed by atoms with van der Waals surface area (Å²) in [5.41, 5.74) is 0. The molecule has 0 saturated heterocycles. The highest BCUT2D eigenvalue weighted by molar-refractivity contribution is 6.50. The Bertz CT molecular complexity index is 248. The number of rotatable bonds is 5. The summed E-state index contributed by atoms with van der Waals surface area (Å²) < 4.78 is 11.8. The SMILES string of the molecule is CCO[SiH](OCC)C12C=CC(CC1C)C2. The van der Waals surface area contributed by atoms with E-state index in [2.05, 4.69) is 32.9 Å². The van der Waals surface area contributed by atoms with Crippen LogP contribution in [0, 0.1) is 11.8 Å². The molecule has 3 heteroatoms. The lowest BCUT2D eigenvalue weighted by molar-refractivity contribution is 0.184. The standard InChI is InChI=1S/C12H22O2Si/c1-4-13-15(14-5-2)12-7-6-11(9-12)8-10(12)3/h6-7,10-11,15H,4-5,8-9H2,1-3H3. The zero-order valence-corrected chi connectivity index (χ0v) is 11.2. The minimum Gasteiger partial charge on any atom is -0.396 e. The van der Waals surface area contributed by atoms with Crippen molar-refractivity contribution in [1.29, 1.82) is 0 Å². The Labute approximate surface area is 94.5 Å². The smallest absolute Gasteiger partial charge is 0.332 e. The van der Waals surface area contributed by atoms with Crippen LogP contribution in [-0.2, 0) is 8.85 Å². The van der Waals surface area contributed by atoms with Gasteiger partial charge < -0.3 is 8.85 Å². The van der Waals surface area contributed by atoms with Crippen LogP contribution in [0.25, 0.3) is 0 Å². The van der Waals surface area contributed by atoms with E-state index in [0.29, 0.717) is 5.04 Å². The van der Waals surface area contributed by atoms with Crippen molar-refractivity contribution in [2.24, 2.45) is 11.8 Å². The molecule has 1 saturated carbocycles.